The number of benzene rings is 1. The molecular weight excluding hydrogens is 438 g/mol. The SMILES string of the molecule is CC1Cc2ccc(Nc3ncc4c(=O)n(C5CC5)n(-c5ccnc(C(C)(C)C)c5)c4n3)cc2CN1. The van der Waals surface area contributed by atoms with Crippen LogP contribution >= 0.6 is 0 Å². The number of nitrogens with zero attached hydrogens (tertiary/aromatic N) is 5. The van der Waals surface area contributed by atoms with Crippen LogP contribution in [0.15, 0.2) is 47.5 Å². The number of pyridine rings is 1. The van der Waals surface area contributed by atoms with Crippen LogP contribution in [-0.2, 0) is 18.4 Å². The van der Waals surface area contributed by atoms with Crippen LogP contribution in [0, 0.1) is 0 Å². The Balaban J connectivity index is 1.44. The van der Waals surface area contributed by atoms with E-state index in [2.05, 4.69) is 72.6 Å². The van der Waals surface area contributed by atoms with E-state index in [1.54, 1.807) is 6.20 Å². The van der Waals surface area contributed by atoms with E-state index >= 15 is 0 Å². The zero-order valence-corrected chi connectivity index (χ0v) is 20.7. The van der Waals surface area contributed by atoms with Crippen molar-refractivity contribution in [2.45, 2.75) is 71.0 Å². The fourth-order valence-corrected chi connectivity index (χ4v) is 4.80. The lowest BCUT2D eigenvalue weighted by molar-refractivity contribution is 0.514. The molecule has 2 aliphatic rings. The maximum absolute atomic E-state index is 13.4. The molecule has 4 aromatic rings. The first kappa shape index (κ1) is 22.0. The lowest BCUT2D eigenvalue weighted by Crippen LogP contribution is -2.32. The molecule has 3 aromatic heterocycles. The Kier molecular flexibility index (Phi) is 5.03. The molecule has 0 radical (unpaired) electrons. The molecule has 8 nitrogen and oxygen atoms in total. The summed E-state index contributed by atoms with van der Waals surface area (Å²) in [5.74, 6) is 0.474. The van der Waals surface area contributed by atoms with Gasteiger partial charge in [-0.1, -0.05) is 26.8 Å². The molecule has 1 saturated carbocycles. The molecule has 1 aliphatic carbocycles. The van der Waals surface area contributed by atoms with Crippen LogP contribution < -0.4 is 16.2 Å². The summed E-state index contributed by atoms with van der Waals surface area (Å²) in [7, 11) is 0. The summed E-state index contributed by atoms with van der Waals surface area (Å²) in [5, 5.41) is 7.40. The van der Waals surface area contributed by atoms with Crippen LogP contribution in [-0.4, -0.2) is 30.4 Å². The van der Waals surface area contributed by atoms with Gasteiger partial charge in [-0.25, -0.2) is 14.3 Å². The molecule has 1 aromatic carbocycles. The van der Waals surface area contributed by atoms with Gasteiger partial charge in [-0.15, -0.1) is 0 Å². The minimum absolute atomic E-state index is 0.0443. The van der Waals surface area contributed by atoms with Gasteiger partial charge in [0.1, 0.15) is 5.39 Å². The quantitative estimate of drug-likeness (QED) is 0.461. The Morgan fingerprint density at radius 3 is 2.69 bits per heavy atom. The third kappa shape index (κ3) is 4.01. The van der Waals surface area contributed by atoms with E-state index in [0.29, 0.717) is 23.0 Å². The van der Waals surface area contributed by atoms with Gasteiger partial charge in [0.2, 0.25) is 5.95 Å². The van der Waals surface area contributed by atoms with Gasteiger partial charge < -0.3 is 10.6 Å². The van der Waals surface area contributed by atoms with Gasteiger partial charge in [0.25, 0.3) is 5.56 Å². The van der Waals surface area contributed by atoms with E-state index < -0.39 is 0 Å². The van der Waals surface area contributed by atoms with Crippen molar-refractivity contribution in [1.82, 2.24) is 29.6 Å². The van der Waals surface area contributed by atoms with Gasteiger partial charge >= 0.3 is 0 Å². The van der Waals surface area contributed by atoms with Crippen molar-refractivity contribution < 1.29 is 0 Å². The van der Waals surface area contributed by atoms with Crippen LogP contribution in [0.3, 0.4) is 0 Å². The summed E-state index contributed by atoms with van der Waals surface area (Å²) in [5.41, 5.74) is 5.92. The zero-order valence-electron chi connectivity index (χ0n) is 20.7. The Bertz CT molecular complexity index is 1490. The number of hydrogen-bond acceptors (Lipinski definition) is 6. The zero-order chi connectivity index (χ0) is 24.3. The van der Waals surface area contributed by atoms with Crippen LogP contribution in [0.4, 0.5) is 11.6 Å². The molecule has 1 atom stereocenters. The van der Waals surface area contributed by atoms with Gasteiger partial charge in [-0.3, -0.25) is 9.78 Å². The highest BCUT2D eigenvalue weighted by Gasteiger charge is 2.31. The fraction of sp³-hybridized carbons (Fsp3) is 0.407. The third-order valence-electron chi connectivity index (χ3n) is 6.90. The van der Waals surface area contributed by atoms with Crippen LogP contribution in [0.2, 0.25) is 0 Å². The molecule has 8 heteroatoms. The molecule has 4 heterocycles. The number of aromatic nitrogens is 5. The maximum Gasteiger partial charge on any atom is 0.278 e. The van der Waals surface area contributed by atoms with Crippen molar-refractivity contribution in [2.24, 2.45) is 0 Å². The standard InChI is InChI=1S/C27H31N7O/c1-16-11-17-5-6-19(12-18(17)14-29-16)31-26-30-15-22-24(32-26)33(34(25(22)35)20-7-8-20)21-9-10-28-23(13-21)27(2,3)4/h5-6,9-10,12-13,15-16,20,29H,7-8,11,14H2,1-4H3,(H,30,31,32). The van der Waals surface area contributed by atoms with Crippen molar-refractivity contribution in [3.8, 4) is 5.69 Å². The van der Waals surface area contributed by atoms with Gasteiger partial charge in [0, 0.05) is 41.8 Å². The Hall–Kier alpha value is -3.52. The topological polar surface area (TPSA) is 89.7 Å². The van der Waals surface area contributed by atoms with E-state index in [1.165, 1.54) is 11.1 Å². The Morgan fingerprint density at radius 1 is 1.09 bits per heavy atom. The number of anilines is 2. The number of fused-ring (bicyclic) bond motifs is 2. The van der Waals surface area contributed by atoms with Crippen molar-refractivity contribution in [3.63, 3.8) is 0 Å². The third-order valence-corrected chi connectivity index (χ3v) is 6.90. The van der Waals surface area contributed by atoms with Gasteiger partial charge in [0.15, 0.2) is 5.65 Å². The molecule has 180 valence electrons. The summed E-state index contributed by atoms with van der Waals surface area (Å²) in [6, 6.07) is 11.1. The van der Waals surface area contributed by atoms with Crippen molar-refractivity contribution >= 4 is 22.7 Å². The van der Waals surface area contributed by atoms with E-state index in [0.717, 1.165) is 42.9 Å². The molecule has 0 spiro atoms. The molecule has 1 unspecified atom stereocenters. The molecule has 1 aliphatic heterocycles. The Labute approximate surface area is 204 Å². The Morgan fingerprint density at radius 2 is 1.91 bits per heavy atom. The lowest BCUT2D eigenvalue weighted by atomic mass is 9.91. The summed E-state index contributed by atoms with van der Waals surface area (Å²) in [6.45, 7) is 9.48. The smallest absolute Gasteiger partial charge is 0.278 e. The summed E-state index contributed by atoms with van der Waals surface area (Å²) in [4.78, 5) is 27.3. The fourth-order valence-electron chi connectivity index (χ4n) is 4.80. The highest BCUT2D eigenvalue weighted by Crippen LogP contribution is 2.36. The van der Waals surface area contributed by atoms with Gasteiger partial charge in [-0.2, -0.15) is 4.98 Å². The van der Waals surface area contributed by atoms with E-state index in [9.17, 15) is 4.79 Å². The predicted octanol–water partition coefficient (Wildman–Crippen LogP) is 4.39. The van der Waals surface area contributed by atoms with Crippen LogP contribution in [0.25, 0.3) is 16.7 Å². The lowest BCUT2D eigenvalue weighted by Gasteiger charge is -2.23. The monoisotopic (exact) mass is 469 g/mol. The number of rotatable bonds is 4. The summed E-state index contributed by atoms with van der Waals surface area (Å²) in [6.07, 6.45) is 6.48. The molecular formula is C27H31N7O. The average Bonchev–Trinajstić information content (AvgIpc) is 3.62. The average molecular weight is 470 g/mol. The summed E-state index contributed by atoms with van der Waals surface area (Å²) >= 11 is 0. The van der Waals surface area contributed by atoms with E-state index in [-0.39, 0.29) is 17.0 Å². The number of nitrogens with one attached hydrogen (secondary N) is 2. The minimum atomic E-state index is -0.107. The van der Waals surface area contributed by atoms with Crippen molar-refractivity contribution in [3.05, 3.63) is 69.9 Å². The highest BCUT2D eigenvalue weighted by atomic mass is 16.1. The summed E-state index contributed by atoms with van der Waals surface area (Å²) < 4.78 is 3.80. The second kappa shape index (κ2) is 8.02. The minimum Gasteiger partial charge on any atom is -0.324 e. The van der Waals surface area contributed by atoms with Gasteiger partial charge in [-0.05, 0) is 61.6 Å². The molecule has 0 saturated heterocycles. The molecule has 35 heavy (non-hydrogen) atoms. The predicted molar refractivity (Wildman–Crippen MR) is 138 cm³/mol. The number of hydrogen-bond donors (Lipinski definition) is 2. The second-order valence-electron chi connectivity index (χ2n) is 10.9. The van der Waals surface area contributed by atoms with Gasteiger partial charge in [0.05, 0.1) is 11.7 Å². The normalized spacial score (nSPS) is 18.0. The van der Waals surface area contributed by atoms with Crippen molar-refractivity contribution in [2.75, 3.05) is 5.32 Å². The first-order valence-corrected chi connectivity index (χ1v) is 12.4. The molecule has 0 amide bonds. The molecule has 0 bridgehead atoms. The van der Waals surface area contributed by atoms with Crippen LogP contribution in [0.1, 0.15) is 63.4 Å². The first-order chi connectivity index (χ1) is 16.8. The highest BCUT2D eigenvalue weighted by molar-refractivity contribution is 5.77. The van der Waals surface area contributed by atoms with Crippen molar-refractivity contribution in [1.29, 1.82) is 0 Å². The molecule has 2 N–H and O–H groups in total. The molecule has 1 fully saturated rings. The molecule has 6 rings (SSSR count). The first-order valence-electron chi connectivity index (χ1n) is 12.4. The largest absolute Gasteiger partial charge is 0.324 e. The van der Waals surface area contributed by atoms with E-state index in [1.807, 2.05) is 21.6 Å². The van der Waals surface area contributed by atoms with Crippen LogP contribution in [0.5, 0.6) is 0 Å². The van der Waals surface area contributed by atoms with E-state index in [4.69, 9.17) is 4.98 Å². The second-order valence-corrected chi connectivity index (χ2v) is 10.9. The maximum atomic E-state index is 13.4.